The Morgan fingerprint density at radius 3 is 3.11 bits per heavy atom. The van der Waals surface area contributed by atoms with Gasteiger partial charge in [-0.3, -0.25) is 10.1 Å². The molecule has 0 saturated heterocycles. The molecule has 0 atom stereocenters. The van der Waals surface area contributed by atoms with Crippen LogP contribution in [0.3, 0.4) is 0 Å². The number of anilines is 1. The van der Waals surface area contributed by atoms with Gasteiger partial charge in [-0.2, -0.15) is 9.97 Å². The molecule has 1 amide bonds. The summed E-state index contributed by atoms with van der Waals surface area (Å²) >= 11 is 5.94. The van der Waals surface area contributed by atoms with Crippen molar-refractivity contribution in [2.75, 3.05) is 5.32 Å². The lowest BCUT2D eigenvalue weighted by Gasteiger charge is -2.03. The van der Waals surface area contributed by atoms with Crippen LogP contribution >= 0.6 is 11.6 Å². The quantitative estimate of drug-likeness (QED) is 0.498. The summed E-state index contributed by atoms with van der Waals surface area (Å²) in [5, 5.41) is 2.82. The molecular weight excluding hydrogens is 266 g/mol. The van der Waals surface area contributed by atoms with Crippen LogP contribution in [-0.2, 0) is 4.79 Å². The molecule has 0 unspecified atom stereocenters. The van der Waals surface area contributed by atoms with Gasteiger partial charge in [0.25, 0.3) is 0 Å². The van der Waals surface area contributed by atoms with Crippen molar-refractivity contribution in [1.29, 1.82) is 0 Å². The number of rotatable bonds is 5. The molecule has 0 fully saturated rings. The Morgan fingerprint density at radius 2 is 2.32 bits per heavy atom. The van der Waals surface area contributed by atoms with E-state index < -0.39 is 0 Å². The van der Waals surface area contributed by atoms with Crippen molar-refractivity contribution in [1.82, 2.24) is 19.9 Å². The van der Waals surface area contributed by atoms with Gasteiger partial charge in [-0.15, -0.1) is 12.3 Å². The van der Waals surface area contributed by atoms with Crippen LogP contribution in [0.25, 0.3) is 11.2 Å². The Morgan fingerprint density at radius 1 is 1.47 bits per heavy atom. The van der Waals surface area contributed by atoms with Gasteiger partial charge < -0.3 is 4.98 Å². The minimum Gasteiger partial charge on any atom is -0.341 e. The lowest BCUT2D eigenvalue weighted by molar-refractivity contribution is -0.116. The molecule has 0 spiro atoms. The third-order valence-corrected chi connectivity index (χ3v) is 2.74. The molecule has 0 aliphatic heterocycles. The van der Waals surface area contributed by atoms with Gasteiger partial charge in [0.2, 0.25) is 11.9 Å². The summed E-state index contributed by atoms with van der Waals surface area (Å²) in [6.45, 7) is 0. The van der Waals surface area contributed by atoms with Crippen molar-refractivity contribution in [2.45, 2.75) is 25.7 Å². The van der Waals surface area contributed by atoms with E-state index in [0.29, 0.717) is 24.0 Å². The van der Waals surface area contributed by atoms with Crippen LogP contribution in [0.15, 0.2) is 6.33 Å². The summed E-state index contributed by atoms with van der Waals surface area (Å²) in [5.74, 6) is 2.53. The van der Waals surface area contributed by atoms with E-state index in [1.54, 1.807) is 0 Å². The van der Waals surface area contributed by atoms with Crippen molar-refractivity contribution in [2.24, 2.45) is 0 Å². The highest BCUT2D eigenvalue weighted by atomic mass is 35.5. The molecule has 2 heterocycles. The fraction of sp³-hybridized carbons (Fsp3) is 0.333. The van der Waals surface area contributed by atoms with Crippen LogP contribution in [0.1, 0.15) is 25.7 Å². The lowest BCUT2D eigenvalue weighted by atomic mass is 10.2. The average Bonchev–Trinajstić information content (AvgIpc) is 2.83. The zero-order valence-electron chi connectivity index (χ0n) is 10.1. The Bertz CT molecular complexity index is 631. The number of terminal acetylenes is 1. The van der Waals surface area contributed by atoms with E-state index in [0.717, 1.165) is 12.8 Å². The number of imidazole rings is 1. The molecule has 0 saturated carbocycles. The number of fused-ring (bicyclic) bond motifs is 1. The number of aromatic amines is 1. The van der Waals surface area contributed by atoms with E-state index >= 15 is 0 Å². The number of H-pyrrole nitrogens is 1. The van der Waals surface area contributed by atoms with Crippen molar-refractivity contribution in [3.05, 3.63) is 11.5 Å². The number of halogens is 1. The maximum absolute atomic E-state index is 11.6. The first-order valence-electron chi connectivity index (χ1n) is 5.80. The Labute approximate surface area is 115 Å². The number of nitrogens with one attached hydrogen (secondary N) is 2. The molecule has 0 aromatic carbocycles. The number of hydrogen-bond donors (Lipinski definition) is 2. The summed E-state index contributed by atoms with van der Waals surface area (Å²) in [4.78, 5) is 26.5. The first-order valence-corrected chi connectivity index (χ1v) is 6.18. The second-order valence-corrected chi connectivity index (χ2v) is 4.26. The number of carbonyl (C=O) groups is 1. The molecular formula is C12H12ClN5O. The predicted molar refractivity (Wildman–Crippen MR) is 72.6 cm³/mol. The molecule has 98 valence electrons. The highest BCUT2D eigenvalue weighted by molar-refractivity contribution is 6.33. The van der Waals surface area contributed by atoms with Crippen molar-refractivity contribution in [3.8, 4) is 12.3 Å². The summed E-state index contributed by atoms with van der Waals surface area (Å²) in [6.07, 6.45) is 9.21. The van der Waals surface area contributed by atoms with Gasteiger partial charge in [-0.05, 0) is 12.8 Å². The maximum atomic E-state index is 11.6. The van der Waals surface area contributed by atoms with Gasteiger partial charge in [0, 0.05) is 12.8 Å². The molecule has 7 heteroatoms. The SMILES string of the molecule is C#CCCCCC(=O)Nc1nc(Cl)c2[nH]cnc2n1. The van der Waals surface area contributed by atoms with Gasteiger partial charge in [0.05, 0.1) is 6.33 Å². The van der Waals surface area contributed by atoms with E-state index in [1.807, 2.05) is 0 Å². The molecule has 19 heavy (non-hydrogen) atoms. The molecule has 2 rings (SSSR count). The van der Waals surface area contributed by atoms with Crippen LogP contribution in [0.5, 0.6) is 0 Å². The van der Waals surface area contributed by atoms with Crippen LogP contribution in [0.4, 0.5) is 5.95 Å². The second-order valence-electron chi connectivity index (χ2n) is 3.90. The number of hydrogen-bond acceptors (Lipinski definition) is 4. The van der Waals surface area contributed by atoms with Gasteiger partial charge in [0.15, 0.2) is 10.8 Å². The van der Waals surface area contributed by atoms with Gasteiger partial charge in [-0.25, -0.2) is 4.98 Å². The smallest absolute Gasteiger partial charge is 0.233 e. The van der Waals surface area contributed by atoms with E-state index in [-0.39, 0.29) is 17.0 Å². The van der Waals surface area contributed by atoms with E-state index in [2.05, 4.69) is 31.2 Å². The molecule has 0 bridgehead atoms. The number of nitrogens with zero attached hydrogens (tertiary/aromatic N) is 3. The predicted octanol–water partition coefficient (Wildman–Crippen LogP) is 2.14. The van der Waals surface area contributed by atoms with Gasteiger partial charge in [0.1, 0.15) is 5.52 Å². The minimum atomic E-state index is -0.164. The van der Waals surface area contributed by atoms with E-state index in [4.69, 9.17) is 18.0 Å². The van der Waals surface area contributed by atoms with Crippen molar-refractivity contribution < 1.29 is 4.79 Å². The van der Waals surface area contributed by atoms with E-state index in [9.17, 15) is 4.79 Å². The Balaban J connectivity index is 1.97. The molecule has 0 aliphatic rings. The molecule has 6 nitrogen and oxygen atoms in total. The average molecular weight is 278 g/mol. The second kappa shape index (κ2) is 6.16. The fourth-order valence-corrected chi connectivity index (χ4v) is 1.77. The van der Waals surface area contributed by atoms with Crippen LogP contribution < -0.4 is 5.32 Å². The Kier molecular flexibility index (Phi) is 4.31. The van der Waals surface area contributed by atoms with Crippen molar-refractivity contribution >= 4 is 34.6 Å². The molecule has 0 radical (unpaired) electrons. The standard InChI is InChI=1S/C12H12ClN5O/c1-2-3-4-5-6-8(19)16-12-17-10(13)9-11(18-12)15-7-14-9/h1,7H,3-6H2,(H2,14,15,16,17,18,19). The summed E-state index contributed by atoms with van der Waals surface area (Å²) in [6, 6.07) is 0. The third kappa shape index (κ3) is 3.42. The monoisotopic (exact) mass is 277 g/mol. The van der Waals surface area contributed by atoms with Crippen LogP contribution in [0.2, 0.25) is 5.15 Å². The number of unbranched alkanes of at least 4 members (excludes halogenated alkanes) is 2. The van der Waals surface area contributed by atoms with Gasteiger partial charge >= 0.3 is 0 Å². The highest BCUT2D eigenvalue weighted by Crippen LogP contribution is 2.18. The summed E-state index contributed by atoms with van der Waals surface area (Å²) in [5.41, 5.74) is 0.969. The van der Waals surface area contributed by atoms with Crippen molar-refractivity contribution in [3.63, 3.8) is 0 Å². The fourth-order valence-electron chi connectivity index (χ4n) is 1.55. The van der Waals surface area contributed by atoms with Crippen LogP contribution in [0, 0.1) is 12.3 Å². The number of aromatic nitrogens is 4. The lowest BCUT2D eigenvalue weighted by Crippen LogP contribution is -2.13. The summed E-state index contributed by atoms with van der Waals surface area (Å²) < 4.78 is 0. The topological polar surface area (TPSA) is 83.6 Å². The third-order valence-electron chi connectivity index (χ3n) is 2.47. The highest BCUT2D eigenvalue weighted by Gasteiger charge is 2.10. The molecule has 0 aliphatic carbocycles. The summed E-state index contributed by atoms with van der Waals surface area (Å²) in [7, 11) is 0. The minimum absolute atomic E-state index is 0.159. The molecule has 2 aromatic rings. The maximum Gasteiger partial charge on any atom is 0.233 e. The molecule has 2 aromatic heterocycles. The van der Waals surface area contributed by atoms with Gasteiger partial charge in [-0.1, -0.05) is 11.6 Å². The zero-order valence-corrected chi connectivity index (χ0v) is 10.9. The Hall–Kier alpha value is -2.13. The molecule has 2 N–H and O–H groups in total. The van der Waals surface area contributed by atoms with Crippen LogP contribution in [-0.4, -0.2) is 25.8 Å². The number of carbonyl (C=O) groups excluding carboxylic acids is 1. The van der Waals surface area contributed by atoms with E-state index in [1.165, 1.54) is 6.33 Å². The largest absolute Gasteiger partial charge is 0.341 e. The first kappa shape index (κ1) is 13.3. The normalized spacial score (nSPS) is 10.3. The number of amides is 1. The first-order chi connectivity index (χ1) is 9.20. The zero-order chi connectivity index (χ0) is 13.7.